The van der Waals surface area contributed by atoms with Crippen molar-refractivity contribution in [3.05, 3.63) is 0 Å². The van der Waals surface area contributed by atoms with Crippen molar-refractivity contribution in [2.45, 2.75) is 217 Å². The van der Waals surface area contributed by atoms with Gasteiger partial charge in [-0.3, -0.25) is 28.8 Å². The van der Waals surface area contributed by atoms with E-state index in [-0.39, 0.29) is 37.4 Å². The number of hydrogen-bond donors (Lipinski definition) is 9. The molecule has 1 fully saturated rings. The zero-order valence-corrected chi connectivity index (χ0v) is 43.3. The number of Topliss-reactive ketones (excluding diaryl/α,β-unsaturated/α-hetero) is 1. The summed E-state index contributed by atoms with van der Waals surface area (Å²) >= 11 is 0.242. The zero-order chi connectivity index (χ0) is 53.4. The summed E-state index contributed by atoms with van der Waals surface area (Å²) in [6, 6.07) is -4.40. The van der Waals surface area contributed by atoms with E-state index in [2.05, 4.69) is 31.3 Å². The minimum absolute atomic E-state index is 0.0886. The van der Waals surface area contributed by atoms with Gasteiger partial charge < -0.3 is 71.3 Å². The van der Waals surface area contributed by atoms with Gasteiger partial charge in [0.2, 0.25) is 28.7 Å². The molecule has 70 heavy (non-hydrogen) atoms. The molecule has 2 unspecified atom stereocenters. The Morgan fingerprint density at radius 1 is 0.743 bits per heavy atom. The van der Waals surface area contributed by atoms with Crippen LogP contribution in [0.1, 0.15) is 152 Å². The second-order valence-corrected chi connectivity index (χ2v) is 20.5. The van der Waals surface area contributed by atoms with Gasteiger partial charge in [0, 0.05) is 39.3 Å². The molecule has 1 saturated heterocycles. The summed E-state index contributed by atoms with van der Waals surface area (Å²) in [6.45, 7) is 14.9. The van der Waals surface area contributed by atoms with Gasteiger partial charge in [-0.25, -0.2) is 14.4 Å². The minimum atomic E-state index is -2.78. The zero-order valence-electron chi connectivity index (χ0n) is 42.5. The van der Waals surface area contributed by atoms with Gasteiger partial charge in [-0.2, -0.15) is 0 Å². The number of nitrogens with two attached hydrogens (primary N) is 1. The lowest BCUT2D eigenvalue weighted by Gasteiger charge is -2.49. The Bertz CT molecular complexity index is 1740. The second-order valence-electron chi connectivity index (χ2n) is 19.2. The van der Waals surface area contributed by atoms with Crippen LogP contribution in [-0.2, 0) is 57.2 Å². The maximum atomic E-state index is 13.5. The molecule has 23 nitrogen and oxygen atoms in total. The number of esters is 1. The van der Waals surface area contributed by atoms with Crippen LogP contribution in [0.5, 0.6) is 0 Å². The number of nitrogens with one attached hydrogen (secondary N) is 5. The van der Waals surface area contributed by atoms with E-state index in [1.54, 1.807) is 41.5 Å². The number of methoxy groups -OCH3 is 1. The molecule has 1 aliphatic heterocycles. The fourth-order valence-corrected chi connectivity index (χ4v) is 7.97. The SMILES string of the molecule is COC(=O)[C@@H](CCC(N)=O)NC(=O)[C@H](C)NC(=O)[C@@H](C)O[C@H]1[C@H](O)[C@@H](C(O)C(=O)CCCCCCCNC(=O)OC(C)(C)C)OC(O)(SC(=O)CCCCCCCNC(=O)OC(C)(C)C)[C@@H]1NC(C)=O. The fraction of sp³-hybridized carbons (Fsp3) is 0.804. The first-order chi connectivity index (χ1) is 32.5. The summed E-state index contributed by atoms with van der Waals surface area (Å²) in [4.78, 5) is 113. The highest BCUT2D eigenvalue weighted by Gasteiger charge is 2.59. The van der Waals surface area contributed by atoms with E-state index in [9.17, 15) is 58.5 Å². The molecule has 0 aromatic carbocycles. The van der Waals surface area contributed by atoms with Gasteiger partial charge in [0.25, 0.3) is 0 Å². The summed E-state index contributed by atoms with van der Waals surface area (Å²) in [5, 5.41) is 44.4. The molecular formula is C46H80N6O17S. The molecule has 1 heterocycles. The second kappa shape index (κ2) is 31.0. The van der Waals surface area contributed by atoms with Crippen molar-refractivity contribution in [3.63, 3.8) is 0 Å². The molecule has 0 aromatic rings. The van der Waals surface area contributed by atoms with Gasteiger partial charge in [-0.1, -0.05) is 38.5 Å². The van der Waals surface area contributed by atoms with Crippen LogP contribution >= 0.6 is 11.8 Å². The van der Waals surface area contributed by atoms with E-state index in [1.165, 1.54) is 13.8 Å². The van der Waals surface area contributed by atoms with Gasteiger partial charge in [-0.05, 0) is 99.3 Å². The predicted molar refractivity (Wildman–Crippen MR) is 255 cm³/mol. The van der Waals surface area contributed by atoms with Crippen molar-refractivity contribution in [3.8, 4) is 0 Å². The molecule has 0 radical (unpaired) electrons. The van der Waals surface area contributed by atoms with Crippen molar-refractivity contribution in [1.82, 2.24) is 26.6 Å². The Hall–Kier alpha value is -4.62. The summed E-state index contributed by atoms with van der Waals surface area (Å²) in [5.74, 6) is -4.99. The van der Waals surface area contributed by atoms with Crippen LogP contribution in [0, 0.1) is 0 Å². The van der Waals surface area contributed by atoms with E-state index in [1.807, 2.05) is 0 Å². The number of carbonyl (C=O) groups is 9. The maximum absolute atomic E-state index is 13.5. The molecule has 0 spiro atoms. The first-order valence-corrected chi connectivity index (χ1v) is 24.7. The first kappa shape index (κ1) is 63.4. The molecule has 402 valence electrons. The molecule has 1 aliphatic rings. The molecule has 1 rings (SSSR count). The van der Waals surface area contributed by atoms with Crippen molar-refractivity contribution < 1.29 is 82.2 Å². The van der Waals surface area contributed by atoms with Gasteiger partial charge >= 0.3 is 18.2 Å². The number of ketones is 1. The normalized spacial score (nSPS) is 20.9. The standard InChI is InChI=1S/C46H80N6O17S/c1-27(39(59)52-30(41(61)65-10)23-24-32(47)55)50-40(60)28(2)66-37-35(58)36(34(57)31(54)21-17-13-11-15-19-25-48-42(62)68-44(4,5)6)67-46(64,38(37)51-29(3)53)70-33(56)22-18-14-12-16-20-26-49-43(63)69-45(7,8)9/h27-28,30,34-38,57-58,64H,11-26H2,1-10H3,(H2,47,55)(H,48,62)(H,49,63)(H,50,60)(H,51,53)(H,52,59)/t27-,28+,30+,34?,35+,36+,37-,38+,46?/m0/s1. The minimum Gasteiger partial charge on any atom is -0.467 e. The van der Waals surface area contributed by atoms with Crippen LogP contribution in [0.25, 0.3) is 0 Å². The van der Waals surface area contributed by atoms with E-state index in [0.717, 1.165) is 20.5 Å². The van der Waals surface area contributed by atoms with E-state index in [0.29, 0.717) is 70.9 Å². The third-order valence-corrected chi connectivity index (χ3v) is 11.5. The molecule has 0 aromatic heterocycles. The number of alkyl carbamates (subject to hydrolysis) is 2. The molecule has 9 atom stereocenters. The quantitative estimate of drug-likeness (QED) is 0.0215. The third-order valence-electron chi connectivity index (χ3n) is 10.4. The van der Waals surface area contributed by atoms with E-state index < -0.39 is 118 Å². The lowest BCUT2D eigenvalue weighted by atomic mass is 9.90. The van der Waals surface area contributed by atoms with Gasteiger partial charge in [0.1, 0.15) is 59.8 Å². The number of unbranched alkanes of at least 4 members (excludes halogenated alkanes) is 8. The third kappa shape index (κ3) is 25.5. The number of primary amides is 1. The van der Waals surface area contributed by atoms with E-state index in [4.69, 9.17) is 24.7 Å². The van der Waals surface area contributed by atoms with Crippen LogP contribution < -0.4 is 32.3 Å². The summed E-state index contributed by atoms with van der Waals surface area (Å²) in [7, 11) is 1.07. The van der Waals surface area contributed by atoms with Crippen molar-refractivity contribution >= 4 is 64.4 Å². The number of aliphatic hydroxyl groups excluding tert-OH is 2. The Morgan fingerprint density at radius 2 is 1.24 bits per heavy atom. The Kier molecular flexibility index (Phi) is 28.0. The highest BCUT2D eigenvalue weighted by atomic mass is 32.2. The number of ether oxygens (including phenoxy) is 5. The van der Waals surface area contributed by atoms with E-state index >= 15 is 0 Å². The Balaban J connectivity index is 3.20. The lowest BCUT2D eigenvalue weighted by Crippen LogP contribution is -2.72. The number of amides is 6. The van der Waals surface area contributed by atoms with Crippen LogP contribution in [0.3, 0.4) is 0 Å². The summed E-state index contributed by atoms with van der Waals surface area (Å²) in [6.07, 6.45) is -5.27. The van der Waals surface area contributed by atoms with Crippen molar-refractivity contribution in [1.29, 1.82) is 0 Å². The van der Waals surface area contributed by atoms with Crippen LogP contribution in [-0.4, -0.2) is 153 Å². The number of thioether (sulfide) groups is 1. The molecule has 24 heteroatoms. The fourth-order valence-electron chi connectivity index (χ4n) is 6.92. The van der Waals surface area contributed by atoms with Gasteiger partial charge in [0.05, 0.1) is 7.11 Å². The number of rotatable bonds is 30. The maximum Gasteiger partial charge on any atom is 0.407 e. The molecular weight excluding hydrogens is 941 g/mol. The Labute approximate surface area is 415 Å². The van der Waals surface area contributed by atoms with Crippen LogP contribution in [0.15, 0.2) is 0 Å². The molecule has 0 saturated carbocycles. The summed E-state index contributed by atoms with van der Waals surface area (Å²) in [5.41, 5.74) is 3.92. The smallest absolute Gasteiger partial charge is 0.407 e. The monoisotopic (exact) mass is 1020 g/mol. The Morgan fingerprint density at radius 3 is 1.73 bits per heavy atom. The van der Waals surface area contributed by atoms with Crippen LogP contribution in [0.2, 0.25) is 0 Å². The average molecular weight is 1020 g/mol. The predicted octanol–water partition coefficient (Wildman–Crippen LogP) is 2.02. The highest BCUT2D eigenvalue weighted by molar-refractivity contribution is 8.14. The number of carbonyl (C=O) groups excluding carboxylic acids is 9. The molecule has 10 N–H and O–H groups in total. The van der Waals surface area contributed by atoms with Crippen LogP contribution in [0.4, 0.5) is 9.59 Å². The molecule has 6 amide bonds. The van der Waals surface area contributed by atoms with Gasteiger partial charge in [-0.15, -0.1) is 0 Å². The van der Waals surface area contributed by atoms with Crippen molar-refractivity contribution in [2.75, 3.05) is 20.2 Å². The average Bonchev–Trinajstić information content (AvgIpc) is 3.24. The first-order valence-electron chi connectivity index (χ1n) is 23.8. The van der Waals surface area contributed by atoms with Crippen molar-refractivity contribution in [2.24, 2.45) is 5.73 Å². The highest BCUT2D eigenvalue weighted by Crippen LogP contribution is 2.41. The molecule has 0 bridgehead atoms. The number of aliphatic hydroxyl groups is 3. The van der Waals surface area contributed by atoms with Gasteiger partial charge in [0.15, 0.2) is 10.9 Å². The number of hydrogen-bond acceptors (Lipinski definition) is 18. The molecule has 0 aliphatic carbocycles. The topological polar surface area (TPSA) is 347 Å². The lowest BCUT2D eigenvalue weighted by molar-refractivity contribution is -0.291. The largest absolute Gasteiger partial charge is 0.467 e. The summed E-state index contributed by atoms with van der Waals surface area (Å²) < 4.78 is 26.9.